The fourth-order valence-corrected chi connectivity index (χ4v) is 2.31. The van der Waals surface area contributed by atoms with Crippen LogP contribution in [0.5, 0.6) is 0 Å². The predicted octanol–water partition coefficient (Wildman–Crippen LogP) is 2.77. The third kappa shape index (κ3) is 1.55. The van der Waals surface area contributed by atoms with E-state index in [9.17, 15) is 0 Å². The molecule has 0 aliphatic heterocycles. The number of nitrogens with zero attached hydrogens (tertiary/aromatic N) is 3. The summed E-state index contributed by atoms with van der Waals surface area (Å²) in [7, 11) is 0. The van der Waals surface area contributed by atoms with Crippen LogP contribution in [0.15, 0.2) is 12.1 Å². The van der Waals surface area contributed by atoms with Crippen LogP contribution in [0.1, 0.15) is 37.1 Å². The number of pyridine rings is 1. The molecule has 1 aliphatic carbocycles. The molecule has 1 fully saturated rings. The Morgan fingerprint density at radius 3 is 2.93 bits per heavy atom. The SMILES string of the molecule is CCc1ccc(I)n2nc(C3CC3)nc12. The fraction of sp³-hybridized carbons (Fsp3) is 0.455. The van der Waals surface area contributed by atoms with Crippen LogP contribution >= 0.6 is 22.6 Å². The molecule has 0 saturated heterocycles. The van der Waals surface area contributed by atoms with Crippen molar-refractivity contribution in [2.24, 2.45) is 0 Å². The second kappa shape index (κ2) is 3.43. The van der Waals surface area contributed by atoms with Gasteiger partial charge < -0.3 is 0 Å². The minimum atomic E-state index is 0.630. The molecule has 0 unspecified atom stereocenters. The smallest absolute Gasteiger partial charge is 0.160 e. The third-order valence-corrected chi connectivity index (χ3v) is 3.68. The zero-order valence-electron chi connectivity index (χ0n) is 8.57. The second-order valence-electron chi connectivity index (χ2n) is 4.01. The number of aryl methyl sites for hydroxylation is 1. The van der Waals surface area contributed by atoms with Gasteiger partial charge in [0.15, 0.2) is 11.5 Å². The largest absolute Gasteiger partial charge is 0.211 e. The second-order valence-corrected chi connectivity index (χ2v) is 5.12. The van der Waals surface area contributed by atoms with E-state index in [1.165, 1.54) is 18.4 Å². The van der Waals surface area contributed by atoms with Crippen molar-refractivity contribution in [3.05, 3.63) is 27.2 Å². The minimum Gasteiger partial charge on any atom is -0.211 e. The maximum atomic E-state index is 4.65. The standard InChI is InChI=1S/C11H12IN3/c1-2-7-5-6-9(12)15-11(7)13-10(14-15)8-3-4-8/h5-6,8H,2-4H2,1H3. The average molecular weight is 313 g/mol. The molecule has 0 aromatic carbocycles. The Hall–Kier alpha value is -0.650. The van der Waals surface area contributed by atoms with E-state index in [1.54, 1.807) is 0 Å². The van der Waals surface area contributed by atoms with Crippen LogP contribution in [-0.2, 0) is 6.42 Å². The monoisotopic (exact) mass is 313 g/mol. The maximum Gasteiger partial charge on any atom is 0.160 e. The van der Waals surface area contributed by atoms with Gasteiger partial charge in [0, 0.05) is 5.92 Å². The van der Waals surface area contributed by atoms with Crippen LogP contribution in [-0.4, -0.2) is 14.6 Å². The van der Waals surface area contributed by atoms with Gasteiger partial charge in [-0.2, -0.15) is 0 Å². The quantitative estimate of drug-likeness (QED) is 0.630. The highest BCUT2D eigenvalue weighted by molar-refractivity contribution is 14.1. The van der Waals surface area contributed by atoms with Gasteiger partial charge in [-0.25, -0.2) is 9.50 Å². The summed E-state index contributed by atoms with van der Waals surface area (Å²) in [5.74, 6) is 1.67. The van der Waals surface area contributed by atoms with E-state index in [0.717, 1.165) is 21.6 Å². The molecule has 0 amide bonds. The van der Waals surface area contributed by atoms with E-state index in [4.69, 9.17) is 0 Å². The third-order valence-electron chi connectivity index (χ3n) is 2.86. The topological polar surface area (TPSA) is 30.2 Å². The molecule has 2 aromatic rings. The first-order valence-electron chi connectivity index (χ1n) is 5.33. The summed E-state index contributed by atoms with van der Waals surface area (Å²) in [4.78, 5) is 4.65. The average Bonchev–Trinajstić information content (AvgIpc) is 2.99. The first-order valence-corrected chi connectivity index (χ1v) is 6.41. The molecule has 3 nitrogen and oxygen atoms in total. The zero-order valence-corrected chi connectivity index (χ0v) is 10.7. The summed E-state index contributed by atoms with van der Waals surface area (Å²) in [6, 6.07) is 4.26. The van der Waals surface area contributed by atoms with E-state index < -0.39 is 0 Å². The molecule has 2 heterocycles. The number of rotatable bonds is 2. The van der Waals surface area contributed by atoms with Crippen LogP contribution in [0.4, 0.5) is 0 Å². The van der Waals surface area contributed by atoms with Gasteiger partial charge in [0.2, 0.25) is 0 Å². The Bertz CT molecular complexity index is 514. The van der Waals surface area contributed by atoms with Gasteiger partial charge in [-0.15, -0.1) is 5.10 Å². The Kier molecular flexibility index (Phi) is 2.19. The van der Waals surface area contributed by atoms with Crippen molar-refractivity contribution < 1.29 is 0 Å². The van der Waals surface area contributed by atoms with Crippen LogP contribution < -0.4 is 0 Å². The van der Waals surface area contributed by atoms with E-state index in [0.29, 0.717) is 5.92 Å². The number of halogens is 1. The van der Waals surface area contributed by atoms with Crippen molar-refractivity contribution in [3.63, 3.8) is 0 Å². The van der Waals surface area contributed by atoms with Gasteiger partial charge in [-0.1, -0.05) is 13.0 Å². The summed E-state index contributed by atoms with van der Waals surface area (Å²) in [6.45, 7) is 2.16. The highest BCUT2D eigenvalue weighted by Gasteiger charge is 2.28. The van der Waals surface area contributed by atoms with E-state index >= 15 is 0 Å². The zero-order chi connectivity index (χ0) is 10.4. The van der Waals surface area contributed by atoms with Gasteiger partial charge in [0.25, 0.3) is 0 Å². The van der Waals surface area contributed by atoms with Crippen LogP contribution in [0.25, 0.3) is 5.65 Å². The normalized spacial score (nSPS) is 16.1. The molecule has 0 bridgehead atoms. The van der Waals surface area contributed by atoms with E-state index in [-0.39, 0.29) is 0 Å². The summed E-state index contributed by atoms with van der Waals surface area (Å²) in [6.07, 6.45) is 3.53. The number of hydrogen-bond donors (Lipinski definition) is 0. The van der Waals surface area contributed by atoms with Crippen molar-refractivity contribution in [3.8, 4) is 0 Å². The van der Waals surface area contributed by atoms with Crippen LogP contribution in [0, 0.1) is 3.70 Å². The Morgan fingerprint density at radius 2 is 2.27 bits per heavy atom. The lowest BCUT2D eigenvalue weighted by Crippen LogP contribution is -1.96. The van der Waals surface area contributed by atoms with Gasteiger partial charge in [0.1, 0.15) is 3.70 Å². The number of fused-ring (bicyclic) bond motifs is 1. The lowest BCUT2D eigenvalue weighted by Gasteiger charge is -2.00. The Morgan fingerprint density at radius 1 is 1.47 bits per heavy atom. The van der Waals surface area contributed by atoms with Gasteiger partial charge in [0.05, 0.1) is 0 Å². The van der Waals surface area contributed by atoms with Crippen molar-refractivity contribution in [2.75, 3.05) is 0 Å². The van der Waals surface area contributed by atoms with E-state index in [1.807, 2.05) is 4.52 Å². The molecular formula is C11H12IN3. The van der Waals surface area contributed by atoms with Crippen molar-refractivity contribution in [2.45, 2.75) is 32.1 Å². The van der Waals surface area contributed by atoms with Crippen molar-refractivity contribution >= 4 is 28.2 Å². The molecule has 0 spiro atoms. The molecule has 0 N–H and O–H groups in total. The van der Waals surface area contributed by atoms with Gasteiger partial charge in [-0.05, 0) is 53.5 Å². The fourth-order valence-electron chi connectivity index (χ4n) is 1.79. The summed E-state index contributed by atoms with van der Waals surface area (Å²) in [5.41, 5.74) is 2.33. The summed E-state index contributed by atoms with van der Waals surface area (Å²) >= 11 is 2.31. The van der Waals surface area contributed by atoms with Crippen molar-refractivity contribution in [1.29, 1.82) is 0 Å². The molecule has 2 aromatic heterocycles. The first-order chi connectivity index (χ1) is 7.29. The van der Waals surface area contributed by atoms with Gasteiger partial charge in [-0.3, -0.25) is 0 Å². The molecule has 78 valence electrons. The highest BCUT2D eigenvalue weighted by atomic mass is 127. The summed E-state index contributed by atoms with van der Waals surface area (Å²) in [5, 5.41) is 4.58. The van der Waals surface area contributed by atoms with E-state index in [2.05, 4.69) is 51.7 Å². The molecule has 1 saturated carbocycles. The predicted molar refractivity (Wildman–Crippen MR) is 67.1 cm³/mol. The van der Waals surface area contributed by atoms with Crippen molar-refractivity contribution in [1.82, 2.24) is 14.6 Å². The Labute approximate surface area is 102 Å². The Balaban J connectivity index is 2.25. The first kappa shape index (κ1) is 9.57. The van der Waals surface area contributed by atoms with Crippen LogP contribution in [0.3, 0.4) is 0 Å². The molecule has 3 rings (SSSR count). The molecule has 4 heteroatoms. The molecule has 0 atom stereocenters. The maximum absolute atomic E-state index is 4.65. The molecule has 1 aliphatic rings. The molecular weight excluding hydrogens is 301 g/mol. The molecule has 0 radical (unpaired) electrons. The van der Waals surface area contributed by atoms with Crippen LogP contribution in [0.2, 0.25) is 0 Å². The highest BCUT2D eigenvalue weighted by Crippen LogP contribution is 2.38. The minimum absolute atomic E-state index is 0.630. The lowest BCUT2D eigenvalue weighted by atomic mass is 10.2. The number of hydrogen-bond acceptors (Lipinski definition) is 2. The number of aromatic nitrogens is 3. The lowest BCUT2D eigenvalue weighted by molar-refractivity contribution is 0.859. The molecule has 15 heavy (non-hydrogen) atoms. The van der Waals surface area contributed by atoms with Gasteiger partial charge >= 0.3 is 0 Å². The summed E-state index contributed by atoms with van der Waals surface area (Å²) < 4.78 is 3.12.